The van der Waals surface area contributed by atoms with Gasteiger partial charge in [-0.3, -0.25) is 0 Å². The second-order valence-electron chi connectivity index (χ2n) is 4.27. The Morgan fingerprint density at radius 1 is 1.61 bits per heavy atom. The maximum absolute atomic E-state index is 11.2. The molecule has 0 bridgehead atoms. The fourth-order valence-electron chi connectivity index (χ4n) is 2.01. The number of fused-ring (bicyclic) bond motifs is 1. The van der Waals surface area contributed by atoms with E-state index in [1.807, 2.05) is 20.8 Å². The summed E-state index contributed by atoms with van der Waals surface area (Å²) in [7, 11) is 0. The number of aromatic nitrogens is 2. The first-order valence-electron chi connectivity index (χ1n) is 5.89. The highest BCUT2D eigenvalue weighted by Gasteiger charge is 2.29. The van der Waals surface area contributed by atoms with E-state index in [1.54, 1.807) is 16.0 Å². The molecule has 2 unspecified atom stereocenters. The summed E-state index contributed by atoms with van der Waals surface area (Å²) in [5.74, 6) is 0.0842. The molecule has 0 radical (unpaired) electrons. The van der Waals surface area contributed by atoms with Crippen LogP contribution in [0.4, 0.5) is 5.82 Å². The van der Waals surface area contributed by atoms with Crippen LogP contribution in [0.1, 0.15) is 32.4 Å². The van der Waals surface area contributed by atoms with Gasteiger partial charge in [-0.15, -0.1) is 0 Å². The highest BCUT2D eigenvalue weighted by atomic mass is 32.1. The molecule has 2 aromatic heterocycles. The highest BCUT2D eigenvalue weighted by molar-refractivity contribution is 7.15. The number of thiazole rings is 1. The van der Waals surface area contributed by atoms with Gasteiger partial charge < -0.3 is 15.4 Å². The van der Waals surface area contributed by atoms with E-state index >= 15 is 0 Å². The zero-order chi connectivity index (χ0) is 13.3. The van der Waals surface area contributed by atoms with E-state index in [0.29, 0.717) is 10.7 Å². The number of hydrogen-bond donors (Lipinski definition) is 1. The predicted octanol–water partition coefficient (Wildman–Crippen LogP) is 2.41. The fraction of sp³-hybridized carbons (Fsp3) is 0.545. The molecule has 2 aromatic rings. The molecule has 7 heteroatoms. The second-order valence-corrected chi connectivity index (χ2v) is 5.14. The minimum absolute atomic E-state index is 0.00236. The SMILES string of the molecule is CCNC(C)C(C)c1nc2sccn2c1[N+](=O)[O-]. The third kappa shape index (κ3) is 2.11. The molecule has 0 saturated carbocycles. The summed E-state index contributed by atoms with van der Waals surface area (Å²) in [6.07, 6.45) is 1.69. The van der Waals surface area contributed by atoms with E-state index in [9.17, 15) is 10.1 Å². The molecule has 0 aromatic carbocycles. The quantitative estimate of drug-likeness (QED) is 0.667. The summed E-state index contributed by atoms with van der Waals surface area (Å²) in [5, 5.41) is 16.3. The van der Waals surface area contributed by atoms with Crippen LogP contribution >= 0.6 is 11.3 Å². The molecule has 0 aliphatic rings. The van der Waals surface area contributed by atoms with Crippen LogP contribution in [0.25, 0.3) is 4.96 Å². The first-order valence-corrected chi connectivity index (χ1v) is 6.77. The van der Waals surface area contributed by atoms with Crippen molar-refractivity contribution in [1.82, 2.24) is 14.7 Å². The molecule has 6 nitrogen and oxygen atoms in total. The zero-order valence-corrected chi connectivity index (χ0v) is 11.4. The molecule has 0 spiro atoms. The summed E-state index contributed by atoms with van der Waals surface area (Å²) in [4.78, 5) is 15.9. The van der Waals surface area contributed by atoms with Crippen LogP contribution in [0.2, 0.25) is 0 Å². The number of nitrogens with one attached hydrogen (secondary N) is 1. The van der Waals surface area contributed by atoms with Crippen molar-refractivity contribution in [3.63, 3.8) is 0 Å². The predicted molar refractivity (Wildman–Crippen MR) is 71.3 cm³/mol. The smallest absolute Gasteiger partial charge is 0.352 e. The molecular formula is C11H16N4O2S. The molecule has 2 rings (SSSR count). The monoisotopic (exact) mass is 268 g/mol. The van der Waals surface area contributed by atoms with Crippen LogP contribution in [-0.2, 0) is 0 Å². The molecule has 98 valence electrons. The van der Waals surface area contributed by atoms with Crippen LogP contribution in [-0.4, -0.2) is 26.9 Å². The lowest BCUT2D eigenvalue weighted by Gasteiger charge is -2.18. The Morgan fingerprint density at radius 3 is 2.94 bits per heavy atom. The van der Waals surface area contributed by atoms with Gasteiger partial charge in [0, 0.05) is 17.3 Å². The van der Waals surface area contributed by atoms with Crippen LogP contribution in [0.15, 0.2) is 11.6 Å². The van der Waals surface area contributed by atoms with Gasteiger partial charge in [0.05, 0.1) is 0 Å². The summed E-state index contributed by atoms with van der Waals surface area (Å²) >= 11 is 1.41. The number of rotatable bonds is 5. The van der Waals surface area contributed by atoms with E-state index in [4.69, 9.17) is 0 Å². The lowest BCUT2D eigenvalue weighted by molar-refractivity contribution is -0.391. The lowest BCUT2D eigenvalue weighted by atomic mass is 10.00. The molecule has 0 saturated heterocycles. The van der Waals surface area contributed by atoms with Gasteiger partial charge in [-0.2, -0.15) is 9.38 Å². The fourth-order valence-corrected chi connectivity index (χ4v) is 2.73. The molecule has 2 atom stereocenters. The van der Waals surface area contributed by atoms with E-state index in [0.717, 1.165) is 6.54 Å². The number of nitro groups is 1. The van der Waals surface area contributed by atoms with Gasteiger partial charge in [-0.25, -0.2) is 0 Å². The van der Waals surface area contributed by atoms with Crippen molar-refractivity contribution in [3.05, 3.63) is 27.4 Å². The van der Waals surface area contributed by atoms with Gasteiger partial charge >= 0.3 is 5.82 Å². The third-order valence-corrected chi connectivity index (χ3v) is 3.90. The minimum Gasteiger partial charge on any atom is -0.358 e. The number of likely N-dealkylation sites (N-methyl/N-ethyl adjacent to an activating group) is 1. The molecule has 0 aliphatic carbocycles. The van der Waals surface area contributed by atoms with Crippen LogP contribution in [0.5, 0.6) is 0 Å². The van der Waals surface area contributed by atoms with Crippen molar-refractivity contribution in [2.45, 2.75) is 32.7 Å². The normalized spacial score (nSPS) is 14.8. The van der Waals surface area contributed by atoms with Gasteiger partial charge in [0.2, 0.25) is 0 Å². The first-order chi connectivity index (χ1) is 8.56. The second kappa shape index (κ2) is 5.03. The summed E-state index contributed by atoms with van der Waals surface area (Å²) in [6.45, 7) is 6.84. The van der Waals surface area contributed by atoms with Gasteiger partial charge in [-0.1, -0.05) is 25.2 Å². The molecule has 0 fully saturated rings. The number of imidazole rings is 1. The van der Waals surface area contributed by atoms with E-state index in [-0.39, 0.29) is 22.7 Å². The Balaban J connectivity index is 2.46. The van der Waals surface area contributed by atoms with Crippen molar-refractivity contribution < 1.29 is 4.92 Å². The van der Waals surface area contributed by atoms with Gasteiger partial charge in [0.15, 0.2) is 0 Å². The molecule has 0 amide bonds. The van der Waals surface area contributed by atoms with Crippen molar-refractivity contribution in [2.24, 2.45) is 0 Å². The molecule has 1 N–H and O–H groups in total. The Bertz CT molecular complexity index is 562. The van der Waals surface area contributed by atoms with Crippen LogP contribution < -0.4 is 5.32 Å². The van der Waals surface area contributed by atoms with E-state index < -0.39 is 0 Å². The van der Waals surface area contributed by atoms with E-state index in [1.165, 1.54) is 11.3 Å². The van der Waals surface area contributed by atoms with E-state index in [2.05, 4.69) is 10.3 Å². The highest BCUT2D eigenvalue weighted by Crippen LogP contribution is 2.31. The topological polar surface area (TPSA) is 72.5 Å². The van der Waals surface area contributed by atoms with Crippen LogP contribution in [0, 0.1) is 10.1 Å². The van der Waals surface area contributed by atoms with Crippen LogP contribution in [0.3, 0.4) is 0 Å². The number of hydrogen-bond acceptors (Lipinski definition) is 5. The zero-order valence-electron chi connectivity index (χ0n) is 10.6. The van der Waals surface area contributed by atoms with Crippen molar-refractivity contribution in [3.8, 4) is 0 Å². The Morgan fingerprint density at radius 2 is 2.33 bits per heavy atom. The number of nitrogens with zero attached hydrogens (tertiary/aromatic N) is 3. The minimum atomic E-state index is -0.350. The van der Waals surface area contributed by atoms with Crippen molar-refractivity contribution in [1.29, 1.82) is 0 Å². The summed E-state index contributed by atoms with van der Waals surface area (Å²) < 4.78 is 1.55. The van der Waals surface area contributed by atoms with Crippen molar-refractivity contribution in [2.75, 3.05) is 6.54 Å². The Kier molecular flexibility index (Phi) is 3.63. The first kappa shape index (κ1) is 13.0. The lowest BCUT2D eigenvalue weighted by Crippen LogP contribution is -2.31. The summed E-state index contributed by atoms with van der Waals surface area (Å²) in [5.41, 5.74) is 0.556. The van der Waals surface area contributed by atoms with Gasteiger partial charge in [0.25, 0.3) is 4.96 Å². The maximum atomic E-state index is 11.2. The average molecular weight is 268 g/mol. The van der Waals surface area contributed by atoms with Crippen molar-refractivity contribution >= 4 is 22.1 Å². The summed E-state index contributed by atoms with van der Waals surface area (Å²) in [6, 6.07) is 0.151. The molecule has 18 heavy (non-hydrogen) atoms. The largest absolute Gasteiger partial charge is 0.358 e. The Labute approximate surface area is 109 Å². The van der Waals surface area contributed by atoms with Gasteiger partial charge in [0.1, 0.15) is 11.9 Å². The van der Waals surface area contributed by atoms with Gasteiger partial charge in [-0.05, 0) is 18.4 Å². The maximum Gasteiger partial charge on any atom is 0.352 e. The standard InChI is InChI=1S/C11H16N4O2S/c1-4-12-8(3)7(2)9-10(15(16)17)14-5-6-18-11(14)13-9/h5-8,12H,4H2,1-3H3. The third-order valence-electron chi connectivity index (χ3n) is 3.14. The molecule has 0 aliphatic heterocycles. The molecule has 2 heterocycles. The Hall–Kier alpha value is -1.47. The molecular weight excluding hydrogens is 252 g/mol. The average Bonchev–Trinajstić information content (AvgIpc) is 2.86.